The summed E-state index contributed by atoms with van der Waals surface area (Å²) in [5, 5.41) is 8.32. The summed E-state index contributed by atoms with van der Waals surface area (Å²) >= 11 is 0. The molecule has 0 saturated heterocycles. The molecule has 0 unspecified atom stereocenters. The van der Waals surface area contributed by atoms with Crippen molar-refractivity contribution in [2.45, 2.75) is 30.8 Å². The number of aliphatic hydroxyl groups is 1. The molecule has 0 spiro atoms. The van der Waals surface area contributed by atoms with Gasteiger partial charge in [0.25, 0.3) is 10.0 Å². The smallest absolute Gasteiger partial charge is 0.273 e. The third kappa shape index (κ3) is 4.59. The zero-order valence-electron chi connectivity index (χ0n) is 9.96. The number of nitrogens with one attached hydrogen (secondary N) is 1. The highest BCUT2D eigenvalue weighted by Crippen LogP contribution is 2.12. The molecule has 0 aromatic carbocycles. The average Bonchev–Trinajstić information content (AvgIpc) is 2.83. The Labute approximate surface area is 106 Å². The van der Waals surface area contributed by atoms with Crippen LogP contribution in [0.3, 0.4) is 0 Å². The lowest BCUT2D eigenvalue weighted by Gasteiger charge is -2.03. The van der Waals surface area contributed by atoms with Gasteiger partial charge in [0, 0.05) is 13.2 Å². The summed E-state index contributed by atoms with van der Waals surface area (Å²) in [6.45, 7) is 0.470. The monoisotopic (exact) mass is 275 g/mol. The molecule has 7 heteroatoms. The first-order chi connectivity index (χ1) is 8.60. The summed E-state index contributed by atoms with van der Waals surface area (Å²) in [4.78, 5) is 10.4. The van der Waals surface area contributed by atoms with E-state index in [1.165, 1.54) is 12.1 Å². The van der Waals surface area contributed by atoms with E-state index in [9.17, 15) is 13.2 Å². The number of sulfonamides is 1. The molecule has 1 aromatic heterocycles. The van der Waals surface area contributed by atoms with Crippen LogP contribution in [0, 0.1) is 0 Å². The fourth-order valence-electron chi connectivity index (χ4n) is 1.41. The van der Waals surface area contributed by atoms with E-state index in [1.807, 2.05) is 0 Å². The molecular weight excluding hydrogens is 258 g/mol. The summed E-state index contributed by atoms with van der Waals surface area (Å²) in [7, 11) is -3.67. The van der Waals surface area contributed by atoms with Crippen molar-refractivity contribution in [1.82, 2.24) is 4.72 Å². The molecule has 0 saturated carbocycles. The van der Waals surface area contributed by atoms with Crippen LogP contribution in [-0.2, 0) is 10.0 Å². The molecule has 0 aliphatic heterocycles. The Morgan fingerprint density at radius 2 is 1.94 bits per heavy atom. The Morgan fingerprint density at radius 1 is 1.22 bits per heavy atom. The van der Waals surface area contributed by atoms with Crippen LogP contribution in [0.5, 0.6) is 0 Å². The molecule has 0 amide bonds. The second kappa shape index (κ2) is 7.30. The predicted molar refractivity (Wildman–Crippen MR) is 64.8 cm³/mol. The Morgan fingerprint density at radius 3 is 2.56 bits per heavy atom. The van der Waals surface area contributed by atoms with Gasteiger partial charge in [0.2, 0.25) is 5.09 Å². The van der Waals surface area contributed by atoms with Crippen molar-refractivity contribution in [2.75, 3.05) is 13.2 Å². The van der Waals surface area contributed by atoms with Crippen LogP contribution in [0.1, 0.15) is 36.2 Å². The molecule has 18 heavy (non-hydrogen) atoms. The molecule has 0 fully saturated rings. The highest BCUT2D eigenvalue weighted by molar-refractivity contribution is 7.89. The van der Waals surface area contributed by atoms with Crippen LogP contribution in [0.15, 0.2) is 21.6 Å². The van der Waals surface area contributed by atoms with Gasteiger partial charge in [0.1, 0.15) is 0 Å². The van der Waals surface area contributed by atoms with E-state index in [0.29, 0.717) is 19.3 Å². The van der Waals surface area contributed by atoms with E-state index in [4.69, 9.17) is 9.52 Å². The van der Waals surface area contributed by atoms with Gasteiger partial charge in [0.15, 0.2) is 12.0 Å². The van der Waals surface area contributed by atoms with Crippen molar-refractivity contribution in [3.63, 3.8) is 0 Å². The fourth-order valence-corrected chi connectivity index (χ4v) is 2.42. The minimum atomic E-state index is -3.67. The largest absolute Gasteiger partial charge is 0.440 e. The third-order valence-corrected chi connectivity index (χ3v) is 3.69. The molecule has 1 heterocycles. The Balaban J connectivity index is 2.38. The first kappa shape index (κ1) is 14.9. The maximum absolute atomic E-state index is 11.7. The van der Waals surface area contributed by atoms with E-state index >= 15 is 0 Å². The lowest BCUT2D eigenvalue weighted by Crippen LogP contribution is -2.24. The Kier molecular flexibility index (Phi) is 6.03. The second-order valence-corrected chi connectivity index (χ2v) is 5.51. The summed E-state index contributed by atoms with van der Waals surface area (Å²) in [6, 6.07) is 2.56. The molecule has 0 bridgehead atoms. The number of rotatable bonds is 9. The lowest BCUT2D eigenvalue weighted by molar-refractivity contribution is 0.109. The molecule has 0 aliphatic rings. The van der Waals surface area contributed by atoms with Crippen molar-refractivity contribution in [3.05, 3.63) is 17.9 Å². The van der Waals surface area contributed by atoms with E-state index < -0.39 is 10.0 Å². The SMILES string of the molecule is O=Cc1ccc(S(=O)(=O)NCCCCCCO)o1. The normalized spacial score (nSPS) is 11.6. The van der Waals surface area contributed by atoms with Crippen LogP contribution < -0.4 is 4.72 Å². The van der Waals surface area contributed by atoms with Crippen LogP contribution in [0.2, 0.25) is 0 Å². The van der Waals surface area contributed by atoms with Crippen molar-refractivity contribution < 1.29 is 22.7 Å². The molecular formula is C11H17NO5S. The quantitative estimate of drug-likeness (QED) is 0.516. The first-order valence-corrected chi connectivity index (χ1v) is 7.24. The number of hydrogen-bond acceptors (Lipinski definition) is 5. The molecule has 0 atom stereocenters. The van der Waals surface area contributed by atoms with Crippen LogP contribution in [0.25, 0.3) is 0 Å². The minimum Gasteiger partial charge on any atom is -0.440 e. The molecule has 1 aromatic rings. The van der Waals surface area contributed by atoms with Crippen molar-refractivity contribution >= 4 is 16.3 Å². The molecule has 2 N–H and O–H groups in total. The molecule has 1 rings (SSSR count). The van der Waals surface area contributed by atoms with Gasteiger partial charge in [-0.1, -0.05) is 12.8 Å². The Hall–Kier alpha value is -1.18. The van der Waals surface area contributed by atoms with Crippen molar-refractivity contribution in [3.8, 4) is 0 Å². The average molecular weight is 275 g/mol. The maximum Gasteiger partial charge on any atom is 0.273 e. The van der Waals surface area contributed by atoms with E-state index in [0.717, 1.165) is 19.3 Å². The second-order valence-electron chi connectivity index (χ2n) is 3.81. The zero-order chi connectivity index (χ0) is 13.4. The van der Waals surface area contributed by atoms with Gasteiger partial charge in [-0.3, -0.25) is 4.79 Å². The first-order valence-electron chi connectivity index (χ1n) is 5.75. The van der Waals surface area contributed by atoms with Crippen LogP contribution in [0.4, 0.5) is 0 Å². The van der Waals surface area contributed by atoms with Gasteiger partial charge in [-0.25, -0.2) is 13.1 Å². The van der Waals surface area contributed by atoms with E-state index in [2.05, 4.69) is 4.72 Å². The summed E-state index contributed by atoms with van der Waals surface area (Å²) in [6.07, 6.45) is 3.59. The Bertz CT molecular complexity index is 466. The van der Waals surface area contributed by atoms with E-state index in [1.54, 1.807) is 0 Å². The number of hydrogen-bond donors (Lipinski definition) is 2. The van der Waals surface area contributed by atoms with Crippen molar-refractivity contribution in [1.29, 1.82) is 0 Å². The minimum absolute atomic E-state index is 0.0154. The summed E-state index contributed by atoms with van der Waals surface area (Å²) in [5.41, 5.74) is 0. The predicted octanol–water partition coefficient (Wildman–Crippen LogP) is 0.923. The number of carbonyl (C=O) groups is 1. The summed E-state index contributed by atoms with van der Waals surface area (Å²) < 4.78 is 30.6. The highest BCUT2D eigenvalue weighted by Gasteiger charge is 2.17. The molecule has 6 nitrogen and oxygen atoms in total. The van der Waals surface area contributed by atoms with E-state index in [-0.39, 0.29) is 17.5 Å². The van der Waals surface area contributed by atoms with Gasteiger partial charge in [0.05, 0.1) is 0 Å². The standard InChI is InChI=1S/C11H17NO5S/c13-8-4-2-1-3-7-12-18(15,16)11-6-5-10(9-14)17-11/h5-6,9,12-13H,1-4,7-8H2. The van der Waals surface area contributed by atoms with Gasteiger partial charge in [-0.15, -0.1) is 0 Å². The molecule has 102 valence electrons. The third-order valence-electron chi connectivity index (χ3n) is 2.36. The highest BCUT2D eigenvalue weighted by atomic mass is 32.2. The lowest BCUT2D eigenvalue weighted by atomic mass is 10.2. The van der Waals surface area contributed by atoms with Gasteiger partial charge in [-0.05, 0) is 25.0 Å². The number of aliphatic hydroxyl groups excluding tert-OH is 1. The maximum atomic E-state index is 11.7. The van der Waals surface area contributed by atoms with Gasteiger partial charge < -0.3 is 9.52 Å². The number of carbonyl (C=O) groups excluding carboxylic acids is 1. The summed E-state index contributed by atoms with van der Waals surface area (Å²) in [5.74, 6) is -0.0154. The number of furan rings is 1. The zero-order valence-corrected chi connectivity index (χ0v) is 10.8. The van der Waals surface area contributed by atoms with Gasteiger partial charge in [-0.2, -0.15) is 0 Å². The molecule has 0 aliphatic carbocycles. The van der Waals surface area contributed by atoms with Crippen LogP contribution in [-0.4, -0.2) is 33.0 Å². The van der Waals surface area contributed by atoms with Crippen LogP contribution >= 0.6 is 0 Å². The fraction of sp³-hybridized carbons (Fsp3) is 0.545. The van der Waals surface area contributed by atoms with Gasteiger partial charge >= 0.3 is 0 Å². The van der Waals surface area contributed by atoms with Crippen molar-refractivity contribution in [2.24, 2.45) is 0 Å². The number of unbranched alkanes of at least 4 members (excludes halogenated alkanes) is 3. The molecule has 0 radical (unpaired) electrons. The number of aldehydes is 1. The topological polar surface area (TPSA) is 96.6 Å².